The lowest BCUT2D eigenvalue weighted by Gasteiger charge is -2.36. The van der Waals surface area contributed by atoms with Crippen molar-refractivity contribution in [2.45, 2.75) is 13.0 Å². The van der Waals surface area contributed by atoms with Crippen LogP contribution in [0.4, 0.5) is 4.39 Å². The van der Waals surface area contributed by atoms with E-state index in [2.05, 4.69) is 22.0 Å². The number of nitrogens with zero attached hydrogens (tertiary/aromatic N) is 3. The summed E-state index contributed by atoms with van der Waals surface area (Å²) < 4.78 is 24.8. The van der Waals surface area contributed by atoms with Crippen molar-refractivity contribution in [3.8, 4) is 17.1 Å². The normalized spacial score (nSPS) is 16.3. The maximum Gasteiger partial charge on any atom is 0.258 e. The van der Waals surface area contributed by atoms with Gasteiger partial charge in [-0.2, -0.15) is 4.98 Å². The standard InChI is InChI=1S/C23H21FN4O2S/c1-4-12-28-14(2)19(20(25-23(28)31)15-8-6-5-7-9-15)22-26-21(27-30-22)16-10-11-18(29-3)17(24)13-16/h4-11,13,20H,1,12H2,2-3H3,(H,25,31). The van der Waals surface area contributed by atoms with E-state index in [-0.39, 0.29) is 17.6 Å². The minimum absolute atomic E-state index is 0.153. The molecule has 2 heterocycles. The van der Waals surface area contributed by atoms with Crippen molar-refractivity contribution in [2.24, 2.45) is 0 Å². The largest absolute Gasteiger partial charge is 0.494 e. The molecule has 0 radical (unpaired) electrons. The summed E-state index contributed by atoms with van der Waals surface area (Å²) >= 11 is 5.58. The molecule has 0 aliphatic carbocycles. The number of ether oxygens (including phenoxy) is 1. The van der Waals surface area contributed by atoms with Gasteiger partial charge < -0.3 is 19.5 Å². The topological polar surface area (TPSA) is 63.4 Å². The zero-order valence-corrected chi connectivity index (χ0v) is 17.9. The van der Waals surface area contributed by atoms with Crippen molar-refractivity contribution in [1.82, 2.24) is 20.4 Å². The molecule has 0 saturated carbocycles. The molecule has 1 unspecified atom stereocenters. The number of aromatic nitrogens is 2. The highest BCUT2D eigenvalue weighted by Crippen LogP contribution is 2.37. The second-order valence-corrected chi connectivity index (χ2v) is 7.35. The summed E-state index contributed by atoms with van der Waals surface area (Å²) in [6.45, 7) is 6.31. The zero-order valence-electron chi connectivity index (χ0n) is 17.1. The van der Waals surface area contributed by atoms with Gasteiger partial charge in [-0.05, 0) is 42.9 Å². The molecule has 158 valence electrons. The lowest BCUT2D eigenvalue weighted by molar-refractivity contribution is 0.386. The molecule has 1 aromatic heterocycles. The summed E-state index contributed by atoms with van der Waals surface area (Å²) in [5, 5.41) is 8.04. The summed E-state index contributed by atoms with van der Waals surface area (Å²) in [6.07, 6.45) is 1.78. The number of hydrogen-bond acceptors (Lipinski definition) is 5. The van der Waals surface area contributed by atoms with E-state index in [0.717, 1.165) is 16.8 Å². The van der Waals surface area contributed by atoms with E-state index in [1.165, 1.54) is 19.2 Å². The van der Waals surface area contributed by atoms with Crippen LogP contribution < -0.4 is 10.1 Å². The van der Waals surface area contributed by atoms with Gasteiger partial charge in [-0.1, -0.05) is 41.6 Å². The second-order valence-electron chi connectivity index (χ2n) is 6.96. The highest BCUT2D eigenvalue weighted by Gasteiger charge is 2.33. The number of rotatable bonds is 6. The number of halogens is 1. The maximum atomic E-state index is 14.2. The summed E-state index contributed by atoms with van der Waals surface area (Å²) in [6, 6.07) is 14.2. The lowest BCUT2D eigenvalue weighted by atomic mass is 9.95. The van der Waals surface area contributed by atoms with Crippen LogP contribution in [0.15, 0.2) is 71.4 Å². The van der Waals surface area contributed by atoms with Crippen LogP contribution in [0.2, 0.25) is 0 Å². The molecule has 3 aromatic rings. The quantitative estimate of drug-likeness (QED) is 0.443. The SMILES string of the molecule is C=CCN1C(=S)NC(c2ccccc2)C(c2nc(-c3ccc(OC)c(F)c3)no2)=C1C. The fraction of sp³-hybridized carbons (Fsp3) is 0.174. The van der Waals surface area contributed by atoms with Gasteiger partial charge in [0.25, 0.3) is 5.89 Å². The Hall–Kier alpha value is -3.52. The minimum Gasteiger partial charge on any atom is -0.494 e. The third-order valence-electron chi connectivity index (χ3n) is 5.11. The fourth-order valence-electron chi connectivity index (χ4n) is 3.56. The Morgan fingerprint density at radius 1 is 1.29 bits per heavy atom. The molecular formula is C23H21FN4O2S. The van der Waals surface area contributed by atoms with Gasteiger partial charge in [0.2, 0.25) is 5.82 Å². The smallest absolute Gasteiger partial charge is 0.258 e. The van der Waals surface area contributed by atoms with Crippen molar-refractivity contribution in [2.75, 3.05) is 13.7 Å². The molecule has 6 nitrogen and oxygen atoms in total. The van der Waals surface area contributed by atoms with Crippen LogP contribution in [0.5, 0.6) is 5.75 Å². The highest BCUT2D eigenvalue weighted by atomic mass is 32.1. The van der Waals surface area contributed by atoms with Crippen molar-refractivity contribution in [3.63, 3.8) is 0 Å². The van der Waals surface area contributed by atoms with Crippen LogP contribution in [0.25, 0.3) is 17.0 Å². The molecular weight excluding hydrogens is 415 g/mol. The van der Waals surface area contributed by atoms with Gasteiger partial charge in [0, 0.05) is 17.8 Å². The number of nitrogens with one attached hydrogen (secondary N) is 1. The average molecular weight is 437 g/mol. The Labute approximate surface area is 185 Å². The van der Waals surface area contributed by atoms with Gasteiger partial charge in [0.1, 0.15) is 0 Å². The average Bonchev–Trinajstić information content (AvgIpc) is 3.26. The first-order chi connectivity index (χ1) is 15.0. The Morgan fingerprint density at radius 3 is 2.74 bits per heavy atom. The third-order valence-corrected chi connectivity index (χ3v) is 5.45. The number of thiocarbonyl (C=S) groups is 1. The molecule has 0 fully saturated rings. The van der Waals surface area contributed by atoms with Crippen LogP contribution in [-0.4, -0.2) is 33.8 Å². The van der Waals surface area contributed by atoms with Gasteiger partial charge in [-0.25, -0.2) is 4.39 Å². The highest BCUT2D eigenvalue weighted by molar-refractivity contribution is 7.80. The Balaban J connectivity index is 1.80. The molecule has 8 heteroatoms. The molecule has 1 aliphatic rings. The predicted molar refractivity (Wildman–Crippen MR) is 121 cm³/mol. The summed E-state index contributed by atoms with van der Waals surface area (Å²) in [5.74, 6) is 0.277. The van der Waals surface area contributed by atoms with E-state index in [0.29, 0.717) is 23.1 Å². The summed E-state index contributed by atoms with van der Waals surface area (Å²) in [5.41, 5.74) is 3.18. The van der Waals surface area contributed by atoms with E-state index < -0.39 is 5.82 Å². The Kier molecular flexibility index (Phi) is 5.81. The Morgan fingerprint density at radius 2 is 2.06 bits per heavy atom. The minimum atomic E-state index is -0.495. The predicted octanol–water partition coefficient (Wildman–Crippen LogP) is 4.73. The molecule has 0 spiro atoms. The van der Waals surface area contributed by atoms with E-state index in [1.54, 1.807) is 12.1 Å². The lowest BCUT2D eigenvalue weighted by Crippen LogP contribution is -2.45. The molecule has 1 N–H and O–H groups in total. The van der Waals surface area contributed by atoms with Crippen molar-refractivity contribution in [1.29, 1.82) is 0 Å². The van der Waals surface area contributed by atoms with Crippen molar-refractivity contribution in [3.05, 3.63) is 84.2 Å². The molecule has 1 atom stereocenters. The van der Waals surface area contributed by atoms with Crippen LogP contribution in [0, 0.1) is 5.82 Å². The number of allylic oxidation sites excluding steroid dienone is 1. The Bertz CT molecular complexity index is 1160. The number of hydrogen-bond donors (Lipinski definition) is 1. The summed E-state index contributed by atoms with van der Waals surface area (Å²) in [4.78, 5) is 6.49. The maximum absolute atomic E-state index is 14.2. The monoisotopic (exact) mass is 436 g/mol. The zero-order chi connectivity index (χ0) is 22.0. The van der Waals surface area contributed by atoms with Gasteiger partial charge in [-0.3, -0.25) is 0 Å². The van der Waals surface area contributed by atoms with E-state index >= 15 is 0 Å². The fourth-order valence-corrected chi connectivity index (χ4v) is 3.89. The van der Waals surface area contributed by atoms with Gasteiger partial charge in [-0.15, -0.1) is 6.58 Å². The second kappa shape index (κ2) is 8.69. The first kappa shape index (κ1) is 20.7. The van der Waals surface area contributed by atoms with E-state index in [4.69, 9.17) is 21.5 Å². The first-order valence-electron chi connectivity index (χ1n) is 9.66. The third kappa shape index (κ3) is 3.94. The summed E-state index contributed by atoms with van der Waals surface area (Å²) in [7, 11) is 1.42. The van der Waals surface area contributed by atoms with Crippen LogP contribution in [0.3, 0.4) is 0 Å². The van der Waals surface area contributed by atoms with Gasteiger partial charge >= 0.3 is 0 Å². The number of benzene rings is 2. The van der Waals surface area contributed by atoms with Crippen molar-refractivity contribution < 1.29 is 13.7 Å². The van der Waals surface area contributed by atoms with Gasteiger partial charge in [0.15, 0.2) is 16.7 Å². The van der Waals surface area contributed by atoms with E-state index in [9.17, 15) is 4.39 Å². The van der Waals surface area contributed by atoms with Crippen molar-refractivity contribution >= 4 is 22.9 Å². The van der Waals surface area contributed by atoms with Crippen LogP contribution in [-0.2, 0) is 0 Å². The van der Waals surface area contributed by atoms with Crippen LogP contribution in [0.1, 0.15) is 24.4 Å². The molecule has 0 saturated heterocycles. The first-order valence-corrected chi connectivity index (χ1v) is 10.1. The molecule has 4 rings (SSSR count). The molecule has 31 heavy (non-hydrogen) atoms. The van der Waals surface area contributed by atoms with E-state index in [1.807, 2.05) is 42.2 Å². The van der Waals surface area contributed by atoms with Crippen LogP contribution >= 0.6 is 12.2 Å². The molecule has 2 aromatic carbocycles. The molecule has 0 amide bonds. The molecule has 0 bridgehead atoms. The number of methoxy groups -OCH3 is 1. The van der Waals surface area contributed by atoms with Gasteiger partial charge in [0.05, 0.1) is 18.7 Å². The molecule has 1 aliphatic heterocycles.